The molecule has 2 aromatic rings. The Hall–Kier alpha value is -1.86. The molecule has 2 aliphatic carbocycles. The van der Waals surface area contributed by atoms with Gasteiger partial charge in [-0.25, -0.2) is 4.98 Å². The van der Waals surface area contributed by atoms with Crippen LogP contribution in [0, 0.1) is 0 Å². The Morgan fingerprint density at radius 2 is 2.00 bits per heavy atom. The van der Waals surface area contributed by atoms with E-state index >= 15 is 0 Å². The summed E-state index contributed by atoms with van der Waals surface area (Å²) in [5.74, 6) is 0.294. The lowest BCUT2D eigenvalue weighted by Crippen LogP contribution is -2.28. The highest BCUT2D eigenvalue weighted by molar-refractivity contribution is 6.31. The zero-order valence-electron chi connectivity index (χ0n) is 16.2. The fourth-order valence-electron chi connectivity index (χ4n) is 3.85. The van der Waals surface area contributed by atoms with E-state index in [1.165, 1.54) is 13.3 Å². The van der Waals surface area contributed by atoms with Crippen molar-refractivity contribution in [3.63, 3.8) is 0 Å². The van der Waals surface area contributed by atoms with Crippen LogP contribution in [0.25, 0.3) is 11.2 Å². The summed E-state index contributed by atoms with van der Waals surface area (Å²) in [6.07, 6.45) is 7.82. The second kappa shape index (κ2) is 8.66. The van der Waals surface area contributed by atoms with Crippen molar-refractivity contribution in [3.8, 4) is 6.01 Å². The number of halogens is 1. The number of fused-ring (bicyclic) bond motifs is 1. The molecule has 152 valence electrons. The third-order valence-corrected chi connectivity index (χ3v) is 5.96. The largest absolute Gasteiger partial charge is 0.461 e. The minimum atomic E-state index is -0.0250. The number of carbonyl (C=O) groups excluding carboxylic acids is 1. The maximum absolute atomic E-state index is 10.9. The molecule has 2 aliphatic rings. The summed E-state index contributed by atoms with van der Waals surface area (Å²) in [6, 6.07) is 2.45. The highest BCUT2D eigenvalue weighted by atomic mass is 35.5. The average Bonchev–Trinajstić information content (AvgIpc) is 3.03. The molecule has 2 fully saturated rings. The number of aromatic amines is 1. The molecule has 0 unspecified atom stereocenters. The van der Waals surface area contributed by atoms with Crippen molar-refractivity contribution in [1.29, 1.82) is 0 Å². The van der Waals surface area contributed by atoms with Crippen LogP contribution >= 0.6 is 11.6 Å². The molecule has 1 amide bonds. The number of rotatable bonds is 7. The van der Waals surface area contributed by atoms with Crippen LogP contribution < -0.4 is 10.1 Å². The van der Waals surface area contributed by atoms with Gasteiger partial charge in [0.15, 0.2) is 5.65 Å². The van der Waals surface area contributed by atoms with Crippen molar-refractivity contribution < 1.29 is 14.3 Å². The fourth-order valence-corrected chi connectivity index (χ4v) is 4.16. The Labute approximate surface area is 169 Å². The Bertz CT molecular complexity index is 828. The number of carbonyl (C=O) groups is 1. The molecule has 0 bridgehead atoms. The number of hydrogen-bond donors (Lipinski definition) is 2. The van der Waals surface area contributed by atoms with Gasteiger partial charge in [-0.3, -0.25) is 4.79 Å². The summed E-state index contributed by atoms with van der Waals surface area (Å²) in [7, 11) is 0. The summed E-state index contributed by atoms with van der Waals surface area (Å²) < 4.78 is 11.7. The lowest BCUT2D eigenvalue weighted by Gasteiger charge is -2.28. The van der Waals surface area contributed by atoms with E-state index in [4.69, 9.17) is 26.1 Å². The molecule has 2 N–H and O–H groups in total. The van der Waals surface area contributed by atoms with Gasteiger partial charge in [0.25, 0.3) is 6.01 Å². The topological polar surface area (TPSA) is 89.1 Å². The van der Waals surface area contributed by atoms with E-state index in [1.54, 1.807) is 0 Å². The molecule has 0 saturated heterocycles. The number of H-pyrrole nitrogens is 1. The van der Waals surface area contributed by atoms with Crippen molar-refractivity contribution in [3.05, 3.63) is 16.8 Å². The predicted octanol–water partition coefficient (Wildman–Crippen LogP) is 3.72. The molecule has 0 radical (unpaired) electrons. The van der Waals surface area contributed by atoms with E-state index in [0.29, 0.717) is 35.7 Å². The number of hydrogen-bond acceptors (Lipinski definition) is 5. The smallest absolute Gasteiger partial charge is 0.296 e. The van der Waals surface area contributed by atoms with Gasteiger partial charge < -0.3 is 19.8 Å². The SMILES string of the molecule is CC(=O)NCCOC1CCC(c2nc3nc(OC4CCC4)[nH]c3cc2Cl)CC1. The van der Waals surface area contributed by atoms with Crippen LogP contribution in [0.3, 0.4) is 0 Å². The van der Waals surface area contributed by atoms with Crippen LogP contribution in [0.4, 0.5) is 0 Å². The Morgan fingerprint density at radius 3 is 2.68 bits per heavy atom. The van der Waals surface area contributed by atoms with Crippen LogP contribution in [-0.2, 0) is 9.53 Å². The van der Waals surface area contributed by atoms with Gasteiger partial charge >= 0.3 is 0 Å². The van der Waals surface area contributed by atoms with Gasteiger partial charge in [0, 0.05) is 19.4 Å². The number of nitrogens with zero attached hydrogens (tertiary/aromatic N) is 2. The number of aromatic nitrogens is 3. The second-order valence-electron chi connectivity index (χ2n) is 7.77. The minimum absolute atomic E-state index is 0.0250. The lowest BCUT2D eigenvalue weighted by molar-refractivity contribution is -0.119. The average molecular weight is 407 g/mol. The van der Waals surface area contributed by atoms with Crippen molar-refractivity contribution in [2.75, 3.05) is 13.2 Å². The maximum Gasteiger partial charge on any atom is 0.296 e. The van der Waals surface area contributed by atoms with E-state index in [0.717, 1.165) is 49.7 Å². The molecule has 2 saturated carbocycles. The maximum atomic E-state index is 10.9. The molecule has 7 nitrogen and oxygen atoms in total. The molecule has 4 rings (SSSR count). The molecule has 0 atom stereocenters. The zero-order chi connectivity index (χ0) is 19.5. The lowest BCUT2D eigenvalue weighted by atomic mass is 9.85. The van der Waals surface area contributed by atoms with E-state index in [1.807, 2.05) is 6.07 Å². The first-order valence-corrected chi connectivity index (χ1v) is 10.5. The van der Waals surface area contributed by atoms with Gasteiger partial charge in [0.2, 0.25) is 5.91 Å². The Morgan fingerprint density at radius 1 is 1.21 bits per heavy atom. The molecule has 8 heteroatoms. The number of amides is 1. The third-order valence-electron chi connectivity index (χ3n) is 5.65. The Balaban J connectivity index is 1.35. The first-order valence-electron chi connectivity index (χ1n) is 10.2. The fraction of sp³-hybridized carbons (Fsp3) is 0.650. The third kappa shape index (κ3) is 4.58. The van der Waals surface area contributed by atoms with Gasteiger partial charge in [-0.15, -0.1) is 0 Å². The van der Waals surface area contributed by atoms with Crippen molar-refractivity contribution in [1.82, 2.24) is 20.3 Å². The van der Waals surface area contributed by atoms with Crippen LogP contribution in [-0.4, -0.2) is 46.2 Å². The molecule has 0 aliphatic heterocycles. The highest BCUT2D eigenvalue weighted by Crippen LogP contribution is 2.37. The summed E-state index contributed by atoms with van der Waals surface area (Å²) in [4.78, 5) is 23.3. The number of imidazole rings is 1. The highest BCUT2D eigenvalue weighted by Gasteiger charge is 2.26. The van der Waals surface area contributed by atoms with Gasteiger partial charge in [-0.1, -0.05) is 11.6 Å². The number of pyridine rings is 1. The number of ether oxygens (including phenoxy) is 2. The molecule has 0 aromatic carbocycles. The van der Waals surface area contributed by atoms with E-state index in [-0.39, 0.29) is 18.1 Å². The summed E-state index contributed by atoms with van der Waals surface area (Å²) in [6.45, 7) is 2.63. The van der Waals surface area contributed by atoms with E-state index in [9.17, 15) is 4.79 Å². The predicted molar refractivity (Wildman–Crippen MR) is 107 cm³/mol. The van der Waals surface area contributed by atoms with Crippen molar-refractivity contribution in [2.45, 2.75) is 70.0 Å². The minimum Gasteiger partial charge on any atom is -0.461 e. The normalized spacial score (nSPS) is 22.8. The summed E-state index contributed by atoms with van der Waals surface area (Å²) in [5, 5.41) is 3.44. The molecular weight excluding hydrogens is 380 g/mol. The van der Waals surface area contributed by atoms with Gasteiger partial charge in [0.1, 0.15) is 6.10 Å². The van der Waals surface area contributed by atoms with Crippen LogP contribution in [0.1, 0.15) is 63.5 Å². The first kappa shape index (κ1) is 19.5. The standard InChI is InChI=1S/C20H27ClN4O3/c1-12(26)22-9-10-27-14-7-5-13(6-8-14)18-16(21)11-17-19(24-18)25-20(23-17)28-15-3-2-4-15/h11,13-15H,2-10H2,1H3,(H,22,26)(H,23,24,25). The van der Waals surface area contributed by atoms with Crippen LogP contribution in [0.2, 0.25) is 5.02 Å². The van der Waals surface area contributed by atoms with Crippen molar-refractivity contribution >= 4 is 28.7 Å². The quantitative estimate of drug-likeness (QED) is 0.684. The van der Waals surface area contributed by atoms with Gasteiger partial charge in [0.05, 0.1) is 28.9 Å². The zero-order valence-corrected chi connectivity index (χ0v) is 16.9. The second-order valence-corrected chi connectivity index (χ2v) is 8.17. The molecule has 2 heterocycles. The summed E-state index contributed by atoms with van der Waals surface area (Å²) in [5.41, 5.74) is 2.41. The summed E-state index contributed by atoms with van der Waals surface area (Å²) >= 11 is 6.54. The van der Waals surface area contributed by atoms with Crippen LogP contribution in [0.15, 0.2) is 6.07 Å². The molecule has 0 spiro atoms. The van der Waals surface area contributed by atoms with E-state index in [2.05, 4.69) is 15.3 Å². The van der Waals surface area contributed by atoms with Crippen LogP contribution in [0.5, 0.6) is 6.01 Å². The van der Waals surface area contributed by atoms with E-state index < -0.39 is 0 Å². The Kier molecular flexibility index (Phi) is 6.01. The van der Waals surface area contributed by atoms with Crippen molar-refractivity contribution in [2.24, 2.45) is 0 Å². The number of nitrogens with one attached hydrogen (secondary N) is 2. The molecule has 28 heavy (non-hydrogen) atoms. The van der Waals surface area contributed by atoms with Gasteiger partial charge in [-0.2, -0.15) is 4.98 Å². The molecular formula is C20H27ClN4O3. The monoisotopic (exact) mass is 406 g/mol. The molecule has 2 aromatic heterocycles. The first-order chi connectivity index (χ1) is 13.6. The van der Waals surface area contributed by atoms with Gasteiger partial charge in [-0.05, 0) is 51.0 Å².